The van der Waals surface area contributed by atoms with Crippen molar-refractivity contribution in [3.8, 4) is 28.4 Å². The van der Waals surface area contributed by atoms with E-state index in [4.69, 9.17) is 14.1 Å². The monoisotopic (exact) mass is 1010 g/mol. The van der Waals surface area contributed by atoms with Gasteiger partial charge in [-0.15, -0.1) is 36.3 Å². The maximum absolute atomic E-state index is 6.80. The van der Waals surface area contributed by atoms with Crippen LogP contribution in [0.4, 0.5) is 11.4 Å². The molecule has 0 amide bonds. The molecule has 63 heavy (non-hydrogen) atoms. The fourth-order valence-corrected chi connectivity index (χ4v) is 8.81. The van der Waals surface area contributed by atoms with Gasteiger partial charge in [0, 0.05) is 60.9 Å². The number of pyridine rings is 1. The summed E-state index contributed by atoms with van der Waals surface area (Å²) in [7, 11) is 0. The van der Waals surface area contributed by atoms with Crippen molar-refractivity contribution in [3.05, 3.63) is 175 Å². The Morgan fingerprint density at radius 3 is 2.10 bits per heavy atom. The van der Waals surface area contributed by atoms with Gasteiger partial charge >= 0.3 is 0 Å². The molecule has 4 heterocycles. The first-order chi connectivity index (χ1) is 29.6. The molecule has 0 saturated carbocycles. The first-order valence-corrected chi connectivity index (χ1v) is 21.4. The van der Waals surface area contributed by atoms with Crippen LogP contribution in [0.25, 0.3) is 60.7 Å². The normalized spacial score (nSPS) is 13.5. The topological polar surface area (TPSA) is 46.7 Å². The van der Waals surface area contributed by atoms with Gasteiger partial charge in [0.2, 0.25) is 0 Å². The van der Waals surface area contributed by atoms with E-state index in [1.165, 1.54) is 22.3 Å². The summed E-state index contributed by atoms with van der Waals surface area (Å²) in [5.41, 5.74) is 11.5. The number of anilines is 2. The summed E-state index contributed by atoms with van der Waals surface area (Å²) < 4.78 is 15.5. The molecule has 0 bridgehead atoms. The zero-order valence-electron chi connectivity index (χ0n) is 37.3. The predicted octanol–water partition coefficient (Wildman–Crippen LogP) is 14.9. The van der Waals surface area contributed by atoms with Crippen LogP contribution in [0.3, 0.4) is 0 Å². The van der Waals surface area contributed by atoms with Crippen molar-refractivity contribution in [2.45, 2.75) is 78.6 Å². The maximum Gasteiger partial charge on any atom is 0.136 e. The number of hydrogen-bond acceptors (Lipinski definition) is 5. The van der Waals surface area contributed by atoms with E-state index in [1.807, 2.05) is 42.7 Å². The molecule has 0 spiro atoms. The van der Waals surface area contributed by atoms with E-state index >= 15 is 0 Å². The molecule has 7 heteroatoms. The van der Waals surface area contributed by atoms with Gasteiger partial charge in [0.1, 0.15) is 11.4 Å². The Balaban J connectivity index is 0.00000504. The van der Waals surface area contributed by atoms with Gasteiger partial charge in [0.15, 0.2) is 0 Å². The summed E-state index contributed by atoms with van der Waals surface area (Å²) in [6.45, 7) is 22.5. The van der Waals surface area contributed by atoms with Crippen LogP contribution in [0.15, 0.2) is 144 Å². The van der Waals surface area contributed by atoms with Gasteiger partial charge in [-0.1, -0.05) is 152 Å². The fourth-order valence-electron chi connectivity index (χ4n) is 8.81. The predicted molar refractivity (Wildman–Crippen MR) is 256 cm³/mol. The molecule has 1 aliphatic heterocycles. The molecule has 0 radical (unpaired) electrons. The van der Waals surface area contributed by atoms with Crippen molar-refractivity contribution >= 4 is 55.1 Å². The Labute approximate surface area is 385 Å². The second kappa shape index (κ2) is 15.6. The molecule has 6 aromatic carbocycles. The van der Waals surface area contributed by atoms with Crippen molar-refractivity contribution in [2.75, 3.05) is 9.80 Å². The second-order valence-electron chi connectivity index (χ2n) is 19.5. The Morgan fingerprint density at radius 1 is 0.603 bits per heavy atom. The molecule has 9 aromatic rings. The van der Waals surface area contributed by atoms with E-state index in [-0.39, 0.29) is 37.3 Å². The van der Waals surface area contributed by atoms with Gasteiger partial charge in [0.25, 0.3) is 0 Å². The Bertz CT molecular complexity index is 3230. The number of para-hydroxylation sites is 3. The number of nitrogens with zero attached hydrogens (tertiary/aromatic N) is 4. The molecule has 10 rings (SSSR count). The minimum atomic E-state index is -0.0598. The first kappa shape index (κ1) is 42.2. The third kappa shape index (κ3) is 7.63. The van der Waals surface area contributed by atoms with E-state index in [0.717, 1.165) is 66.5 Å². The molecule has 320 valence electrons. The average Bonchev–Trinajstić information content (AvgIpc) is 3.97. The summed E-state index contributed by atoms with van der Waals surface area (Å²) >= 11 is 0. The van der Waals surface area contributed by atoms with Crippen LogP contribution in [-0.4, -0.2) is 9.55 Å². The van der Waals surface area contributed by atoms with Gasteiger partial charge in [-0.05, 0) is 92.2 Å². The van der Waals surface area contributed by atoms with Crippen molar-refractivity contribution in [2.24, 2.45) is 0 Å². The molecular formula is C56H51N4O2Pt-3. The van der Waals surface area contributed by atoms with E-state index in [1.54, 1.807) is 0 Å². The van der Waals surface area contributed by atoms with Gasteiger partial charge in [-0.25, -0.2) is 4.98 Å². The van der Waals surface area contributed by atoms with Gasteiger partial charge < -0.3 is 23.5 Å². The first-order valence-electron chi connectivity index (χ1n) is 21.4. The van der Waals surface area contributed by atoms with E-state index in [0.29, 0.717) is 11.5 Å². The van der Waals surface area contributed by atoms with Crippen LogP contribution < -0.4 is 14.5 Å². The van der Waals surface area contributed by atoms with Crippen molar-refractivity contribution in [3.63, 3.8) is 0 Å². The standard InChI is InChI=1S/C56H51N4O2.Pt/c1-54(2,3)37-22-24-40(46(31-37)56(7,8)9)36-26-27-57-52(30-36)60-47-19-13-10-16-41(47)42-25-23-38(33-49(42)60)61-39-32-44-43-17-11-15-21-51(43)62-53(44)50(34-39)59-29-28-58(35-59)48-20-14-12-18-45(48)55(4,5)6;/h10-32,35H,1-9H3;/q-3;. The Hall–Kier alpha value is -6.10. The minimum Gasteiger partial charge on any atom is -0.514 e. The van der Waals surface area contributed by atoms with Gasteiger partial charge in [0.05, 0.1) is 0 Å². The Morgan fingerprint density at radius 2 is 1.32 bits per heavy atom. The van der Waals surface area contributed by atoms with Crippen molar-refractivity contribution in [1.82, 2.24) is 9.55 Å². The third-order valence-electron chi connectivity index (χ3n) is 12.0. The smallest absolute Gasteiger partial charge is 0.136 e. The number of aromatic nitrogens is 2. The molecule has 6 nitrogen and oxygen atoms in total. The summed E-state index contributed by atoms with van der Waals surface area (Å²) in [6.07, 6.45) is 6.04. The van der Waals surface area contributed by atoms with E-state index in [2.05, 4.69) is 193 Å². The summed E-state index contributed by atoms with van der Waals surface area (Å²) in [5.74, 6) is 1.94. The van der Waals surface area contributed by atoms with Crippen LogP contribution in [0.2, 0.25) is 0 Å². The number of hydrogen-bond donors (Lipinski definition) is 0. The minimum absolute atomic E-state index is 0. The number of furan rings is 1. The van der Waals surface area contributed by atoms with Crippen LogP contribution in [0, 0.1) is 18.8 Å². The summed E-state index contributed by atoms with van der Waals surface area (Å²) in [4.78, 5) is 9.21. The quantitative estimate of drug-likeness (QED) is 0.155. The van der Waals surface area contributed by atoms with Crippen molar-refractivity contribution < 1.29 is 30.2 Å². The van der Waals surface area contributed by atoms with E-state index in [9.17, 15) is 0 Å². The molecule has 0 fully saturated rings. The number of rotatable bonds is 6. The Kier molecular flexibility index (Phi) is 10.5. The number of benzene rings is 6. The zero-order valence-corrected chi connectivity index (χ0v) is 39.6. The summed E-state index contributed by atoms with van der Waals surface area (Å²) in [6, 6.07) is 49.8. The fraction of sp³-hybridized carbons (Fsp3) is 0.214. The van der Waals surface area contributed by atoms with Crippen molar-refractivity contribution in [1.29, 1.82) is 0 Å². The molecular weight excluding hydrogens is 956 g/mol. The molecule has 3 aromatic heterocycles. The van der Waals surface area contributed by atoms with Crippen LogP contribution in [0.1, 0.15) is 79.0 Å². The van der Waals surface area contributed by atoms with Gasteiger partial charge in [-0.3, -0.25) is 0 Å². The SMILES string of the molecule is CC(C)(C)c1ccc(-c2ccnc(-n3c4[c-]c(Oc5[c-]c(N6C=CN(c7ccccc7C(C)(C)C)[CH-]6)c6oc7ccccc7c6c5)ccc4c4ccccc43)c2)c(C(C)(C)C)c1.[Pt]. The molecule has 0 unspecified atom stereocenters. The average molecular weight is 1010 g/mol. The van der Waals surface area contributed by atoms with E-state index < -0.39 is 0 Å². The maximum atomic E-state index is 6.80. The molecule has 0 N–H and O–H groups in total. The van der Waals surface area contributed by atoms with Gasteiger partial charge in [-0.2, -0.15) is 6.07 Å². The zero-order chi connectivity index (χ0) is 43.1. The summed E-state index contributed by atoms with van der Waals surface area (Å²) in [5, 5.41) is 4.14. The number of ether oxygens (including phenoxy) is 1. The van der Waals surface area contributed by atoms with Crippen LogP contribution in [-0.2, 0) is 37.3 Å². The largest absolute Gasteiger partial charge is 0.514 e. The molecule has 0 atom stereocenters. The molecule has 0 aliphatic carbocycles. The number of fused-ring (bicyclic) bond motifs is 6. The van der Waals surface area contributed by atoms with Crippen LogP contribution in [0.5, 0.6) is 11.5 Å². The molecule has 0 saturated heterocycles. The van der Waals surface area contributed by atoms with Crippen LogP contribution >= 0.6 is 0 Å². The molecule has 1 aliphatic rings. The second-order valence-corrected chi connectivity index (χ2v) is 19.5. The third-order valence-corrected chi connectivity index (χ3v) is 12.0.